The molecule has 0 aromatic heterocycles. The Bertz CT molecular complexity index is 261. The lowest BCUT2D eigenvalue weighted by atomic mass is 9.97. The van der Waals surface area contributed by atoms with E-state index in [1.165, 1.54) is 25.7 Å². The van der Waals surface area contributed by atoms with E-state index in [1.807, 2.05) is 12.1 Å². The van der Waals surface area contributed by atoms with Gasteiger partial charge < -0.3 is 0 Å². The van der Waals surface area contributed by atoms with Crippen LogP contribution in [0.15, 0.2) is 11.1 Å². The van der Waals surface area contributed by atoms with E-state index in [0.29, 0.717) is 5.57 Å². The van der Waals surface area contributed by atoms with Gasteiger partial charge in [0.25, 0.3) is 0 Å². The van der Waals surface area contributed by atoms with Crippen molar-refractivity contribution in [2.24, 2.45) is 0 Å². The van der Waals surface area contributed by atoms with Gasteiger partial charge in [-0.1, -0.05) is 39.5 Å². The summed E-state index contributed by atoms with van der Waals surface area (Å²) in [7, 11) is 0. The predicted molar refractivity (Wildman–Crippen MR) is 66.5 cm³/mol. The molecule has 0 aliphatic carbocycles. The van der Waals surface area contributed by atoms with Crippen molar-refractivity contribution in [1.82, 2.24) is 0 Å². The monoisotopic (exact) mass is 218 g/mol. The van der Waals surface area contributed by atoms with Crippen molar-refractivity contribution in [3.63, 3.8) is 0 Å². The van der Waals surface area contributed by atoms with Crippen molar-refractivity contribution in [1.29, 1.82) is 10.5 Å². The summed E-state index contributed by atoms with van der Waals surface area (Å²) in [4.78, 5) is 0. The molecule has 2 heteroatoms. The van der Waals surface area contributed by atoms with Gasteiger partial charge in [0.1, 0.15) is 17.7 Å². The lowest BCUT2D eigenvalue weighted by Crippen LogP contribution is -1.91. The topological polar surface area (TPSA) is 47.6 Å². The van der Waals surface area contributed by atoms with E-state index in [0.717, 1.165) is 31.3 Å². The van der Waals surface area contributed by atoms with E-state index in [2.05, 4.69) is 13.8 Å². The highest BCUT2D eigenvalue weighted by molar-refractivity contribution is 5.40. The third kappa shape index (κ3) is 6.25. The van der Waals surface area contributed by atoms with E-state index < -0.39 is 0 Å². The van der Waals surface area contributed by atoms with Gasteiger partial charge in [-0.2, -0.15) is 10.5 Å². The van der Waals surface area contributed by atoms with E-state index in [4.69, 9.17) is 10.5 Å². The number of hydrogen-bond donors (Lipinski definition) is 0. The van der Waals surface area contributed by atoms with Crippen LogP contribution in [0.1, 0.15) is 65.2 Å². The summed E-state index contributed by atoms with van der Waals surface area (Å²) in [5.74, 6) is 0. The van der Waals surface area contributed by atoms with E-state index >= 15 is 0 Å². The lowest BCUT2D eigenvalue weighted by Gasteiger charge is -2.06. The molecule has 16 heavy (non-hydrogen) atoms. The van der Waals surface area contributed by atoms with Crippen molar-refractivity contribution < 1.29 is 0 Å². The minimum absolute atomic E-state index is 0.354. The van der Waals surface area contributed by atoms with Gasteiger partial charge in [0.15, 0.2) is 0 Å². The Morgan fingerprint density at radius 2 is 1.25 bits per heavy atom. The maximum Gasteiger partial charge on any atom is 0.128 e. The Balaban J connectivity index is 4.34. The molecule has 0 aromatic carbocycles. The normalized spacial score (nSPS) is 9.25. The first kappa shape index (κ1) is 14.7. The first-order valence-corrected chi connectivity index (χ1v) is 6.32. The molecule has 0 saturated carbocycles. The van der Waals surface area contributed by atoms with E-state index in [9.17, 15) is 0 Å². The number of rotatable bonds is 8. The standard InChI is InChI=1S/C14H22N2/c1-3-5-7-9-13(10-8-6-4-2)14(11-15)12-16/h3-10H2,1-2H3. The second-order valence-electron chi connectivity index (χ2n) is 4.12. The van der Waals surface area contributed by atoms with Crippen LogP contribution in [-0.2, 0) is 0 Å². The van der Waals surface area contributed by atoms with Crippen molar-refractivity contribution in [2.45, 2.75) is 65.2 Å². The number of hydrogen-bond acceptors (Lipinski definition) is 2. The minimum atomic E-state index is 0.354. The van der Waals surface area contributed by atoms with Crippen molar-refractivity contribution >= 4 is 0 Å². The predicted octanol–water partition coefficient (Wildman–Crippen LogP) is 4.49. The molecule has 0 aliphatic heterocycles. The van der Waals surface area contributed by atoms with Crippen LogP contribution in [0, 0.1) is 22.7 Å². The van der Waals surface area contributed by atoms with E-state index in [1.54, 1.807) is 0 Å². The van der Waals surface area contributed by atoms with Crippen LogP contribution >= 0.6 is 0 Å². The molecule has 0 aromatic rings. The first-order valence-electron chi connectivity index (χ1n) is 6.32. The maximum absolute atomic E-state index is 8.88. The quantitative estimate of drug-likeness (QED) is 0.445. The molecule has 0 unspecified atom stereocenters. The summed E-state index contributed by atoms with van der Waals surface area (Å²) in [6, 6.07) is 4.05. The molecule has 0 heterocycles. The second-order valence-corrected chi connectivity index (χ2v) is 4.12. The molecule has 0 bridgehead atoms. The summed E-state index contributed by atoms with van der Waals surface area (Å²) in [6.07, 6.45) is 8.77. The molecule has 0 spiro atoms. The van der Waals surface area contributed by atoms with Crippen LogP contribution in [0.25, 0.3) is 0 Å². The zero-order chi connectivity index (χ0) is 12.2. The van der Waals surface area contributed by atoms with Gasteiger partial charge in [-0.15, -0.1) is 0 Å². The van der Waals surface area contributed by atoms with Crippen LogP contribution in [0.4, 0.5) is 0 Å². The lowest BCUT2D eigenvalue weighted by molar-refractivity contribution is 0.657. The number of nitriles is 2. The van der Waals surface area contributed by atoms with Gasteiger partial charge in [0, 0.05) is 0 Å². The number of nitrogens with zero attached hydrogens (tertiary/aromatic N) is 2. The molecule has 0 rings (SSSR count). The summed E-state index contributed by atoms with van der Waals surface area (Å²) < 4.78 is 0. The minimum Gasteiger partial charge on any atom is -0.192 e. The van der Waals surface area contributed by atoms with Gasteiger partial charge in [0.2, 0.25) is 0 Å². The summed E-state index contributed by atoms with van der Waals surface area (Å²) >= 11 is 0. The van der Waals surface area contributed by atoms with Gasteiger partial charge in [0.05, 0.1) is 0 Å². The average Bonchev–Trinajstić information content (AvgIpc) is 2.30. The summed E-state index contributed by atoms with van der Waals surface area (Å²) in [6.45, 7) is 4.33. The van der Waals surface area contributed by atoms with Gasteiger partial charge in [-0.05, 0) is 31.3 Å². The fraction of sp³-hybridized carbons (Fsp3) is 0.714. The largest absolute Gasteiger partial charge is 0.192 e. The third-order valence-electron chi connectivity index (χ3n) is 2.74. The first-order chi connectivity index (χ1) is 7.79. The van der Waals surface area contributed by atoms with E-state index in [-0.39, 0.29) is 0 Å². The van der Waals surface area contributed by atoms with Crippen LogP contribution in [0.2, 0.25) is 0 Å². The second kappa shape index (κ2) is 10.2. The van der Waals surface area contributed by atoms with Crippen LogP contribution < -0.4 is 0 Å². The zero-order valence-electron chi connectivity index (χ0n) is 10.6. The summed E-state index contributed by atoms with van der Waals surface area (Å²) in [5, 5.41) is 17.8. The number of unbranched alkanes of at least 4 members (excludes halogenated alkanes) is 4. The van der Waals surface area contributed by atoms with Crippen molar-refractivity contribution in [3.8, 4) is 12.1 Å². The Kier molecular flexibility index (Phi) is 9.43. The Morgan fingerprint density at radius 1 is 0.812 bits per heavy atom. The molecule has 0 amide bonds. The molecule has 0 saturated heterocycles. The molecular weight excluding hydrogens is 196 g/mol. The molecular formula is C14H22N2. The Labute approximate surface area is 99.6 Å². The average molecular weight is 218 g/mol. The highest BCUT2D eigenvalue weighted by Crippen LogP contribution is 2.19. The fourth-order valence-corrected chi connectivity index (χ4v) is 1.73. The third-order valence-corrected chi connectivity index (χ3v) is 2.74. The van der Waals surface area contributed by atoms with Gasteiger partial charge in [-0.3, -0.25) is 0 Å². The maximum atomic E-state index is 8.88. The number of allylic oxidation sites excluding steroid dienone is 2. The van der Waals surface area contributed by atoms with Crippen molar-refractivity contribution in [2.75, 3.05) is 0 Å². The van der Waals surface area contributed by atoms with Crippen LogP contribution in [-0.4, -0.2) is 0 Å². The van der Waals surface area contributed by atoms with Crippen LogP contribution in [0.5, 0.6) is 0 Å². The fourth-order valence-electron chi connectivity index (χ4n) is 1.73. The van der Waals surface area contributed by atoms with Crippen molar-refractivity contribution in [3.05, 3.63) is 11.1 Å². The molecule has 0 radical (unpaired) electrons. The highest BCUT2D eigenvalue weighted by Gasteiger charge is 2.05. The molecule has 0 aliphatic rings. The SMILES string of the molecule is CCCCCC(CCCCC)=C(C#N)C#N. The highest BCUT2D eigenvalue weighted by atomic mass is 14.3. The molecule has 88 valence electrons. The van der Waals surface area contributed by atoms with Gasteiger partial charge in [-0.25, -0.2) is 0 Å². The smallest absolute Gasteiger partial charge is 0.128 e. The van der Waals surface area contributed by atoms with Crippen LogP contribution in [0.3, 0.4) is 0 Å². The Morgan fingerprint density at radius 3 is 1.56 bits per heavy atom. The Hall–Kier alpha value is -1.28. The molecule has 0 N–H and O–H groups in total. The molecule has 0 atom stereocenters. The van der Waals surface area contributed by atoms with Gasteiger partial charge >= 0.3 is 0 Å². The molecule has 0 fully saturated rings. The molecule has 2 nitrogen and oxygen atoms in total. The summed E-state index contributed by atoms with van der Waals surface area (Å²) in [5.41, 5.74) is 1.43. The zero-order valence-corrected chi connectivity index (χ0v) is 10.6.